The summed E-state index contributed by atoms with van der Waals surface area (Å²) >= 11 is 0. The normalized spacial score (nSPS) is 10.3. The number of anilines is 1. The molecule has 12 heavy (non-hydrogen) atoms. The molecule has 0 atom stereocenters. The Hall–Kier alpha value is -1.12. The van der Waals surface area contributed by atoms with Crippen molar-refractivity contribution in [3.63, 3.8) is 0 Å². The molecule has 0 saturated carbocycles. The van der Waals surface area contributed by atoms with E-state index in [1.165, 1.54) is 0 Å². The predicted octanol–water partition coefficient (Wildman–Crippen LogP) is 2.03. The molecule has 0 radical (unpaired) electrons. The van der Waals surface area contributed by atoms with Gasteiger partial charge in [0.2, 0.25) is 0 Å². The van der Waals surface area contributed by atoms with Gasteiger partial charge < -0.3 is 5.32 Å². The Balaban J connectivity index is 2.81. The summed E-state index contributed by atoms with van der Waals surface area (Å²) in [6.07, 6.45) is 1.79. The van der Waals surface area contributed by atoms with Crippen molar-refractivity contribution < 1.29 is 0 Å². The summed E-state index contributed by atoms with van der Waals surface area (Å²) in [4.78, 5) is 8.51. The zero-order valence-electron chi connectivity index (χ0n) is 7.83. The molecule has 0 aliphatic carbocycles. The second-order valence-electron chi connectivity index (χ2n) is 2.99. The molecule has 1 heterocycles. The van der Waals surface area contributed by atoms with Crippen molar-refractivity contribution in [2.45, 2.75) is 26.7 Å². The van der Waals surface area contributed by atoms with Crippen LogP contribution in [0.15, 0.2) is 12.3 Å². The second-order valence-corrected chi connectivity index (χ2v) is 2.99. The molecule has 3 heteroatoms. The minimum absolute atomic E-state index is 0.392. The molecule has 0 unspecified atom stereocenters. The topological polar surface area (TPSA) is 37.8 Å². The van der Waals surface area contributed by atoms with Gasteiger partial charge in [-0.25, -0.2) is 9.97 Å². The molecule has 0 spiro atoms. The van der Waals surface area contributed by atoms with Crippen LogP contribution in [0.2, 0.25) is 0 Å². The zero-order chi connectivity index (χ0) is 8.97. The molecule has 0 aromatic carbocycles. The Morgan fingerprint density at radius 3 is 2.83 bits per heavy atom. The summed E-state index contributed by atoms with van der Waals surface area (Å²) in [5.74, 6) is 2.20. The standard InChI is InChI=1S/C9H15N3/c1-4-10-8-5-6-11-9(12-8)7(2)3/h5-7H,4H2,1-3H3,(H,10,11,12). The van der Waals surface area contributed by atoms with Crippen LogP contribution >= 0.6 is 0 Å². The molecule has 0 aliphatic heterocycles. The quantitative estimate of drug-likeness (QED) is 0.744. The van der Waals surface area contributed by atoms with Gasteiger partial charge in [0, 0.05) is 18.7 Å². The molecule has 0 fully saturated rings. The molecule has 1 aromatic heterocycles. The smallest absolute Gasteiger partial charge is 0.133 e. The highest BCUT2D eigenvalue weighted by molar-refractivity contribution is 5.32. The van der Waals surface area contributed by atoms with Gasteiger partial charge in [0.05, 0.1) is 0 Å². The Bertz CT molecular complexity index is 245. The summed E-state index contributed by atoms with van der Waals surface area (Å²) in [5, 5.41) is 3.15. The number of aromatic nitrogens is 2. The maximum atomic E-state index is 4.34. The minimum atomic E-state index is 0.392. The predicted molar refractivity (Wildman–Crippen MR) is 50.3 cm³/mol. The number of hydrogen-bond donors (Lipinski definition) is 1. The van der Waals surface area contributed by atoms with Crippen LogP contribution in [0, 0.1) is 0 Å². The summed E-state index contributed by atoms with van der Waals surface area (Å²) < 4.78 is 0. The highest BCUT2D eigenvalue weighted by Crippen LogP contribution is 2.10. The van der Waals surface area contributed by atoms with Gasteiger partial charge in [-0.2, -0.15) is 0 Å². The van der Waals surface area contributed by atoms with Crippen LogP contribution in [0.3, 0.4) is 0 Å². The van der Waals surface area contributed by atoms with Gasteiger partial charge in [0.15, 0.2) is 0 Å². The first-order valence-electron chi connectivity index (χ1n) is 4.31. The average Bonchev–Trinajstić information content (AvgIpc) is 2.05. The number of hydrogen-bond acceptors (Lipinski definition) is 3. The summed E-state index contributed by atoms with van der Waals surface area (Å²) in [6, 6.07) is 1.88. The number of nitrogens with one attached hydrogen (secondary N) is 1. The van der Waals surface area contributed by atoms with Gasteiger partial charge in [-0.15, -0.1) is 0 Å². The van der Waals surface area contributed by atoms with E-state index in [4.69, 9.17) is 0 Å². The maximum absolute atomic E-state index is 4.34. The molecular weight excluding hydrogens is 150 g/mol. The van der Waals surface area contributed by atoms with Crippen LogP contribution in [0.4, 0.5) is 5.82 Å². The van der Waals surface area contributed by atoms with Crippen LogP contribution < -0.4 is 5.32 Å². The van der Waals surface area contributed by atoms with Crippen molar-refractivity contribution in [3.05, 3.63) is 18.1 Å². The Morgan fingerprint density at radius 1 is 1.50 bits per heavy atom. The lowest BCUT2D eigenvalue weighted by molar-refractivity contribution is 0.774. The molecule has 3 nitrogen and oxygen atoms in total. The fourth-order valence-corrected chi connectivity index (χ4v) is 0.932. The summed E-state index contributed by atoms with van der Waals surface area (Å²) in [7, 11) is 0. The van der Waals surface area contributed by atoms with E-state index in [-0.39, 0.29) is 0 Å². The SMILES string of the molecule is CCNc1ccnc(C(C)C)n1. The molecule has 1 aromatic rings. The average molecular weight is 165 g/mol. The van der Waals surface area contributed by atoms with Gasteiger partial charge in [0.25, 0.3) is 0 Å². The van der Waals surface area contributed by atoms with Gasteiger partial charge in [-0.1, -0.05) is 13.8 Å². The lowest BCUT2D eigenvalue weighted by atomic mass is 10.2. The van der Waals surface area contributed by atoms with Crippen LogP contribution in [0.5, 0.6) is 0 Å². The second kappa shape index (κ2) is 4.04. The first-order valence-corrected chi connectivity index (χ1v) is 4.31. The monoisotopic (exact) mass is 165 g/mol. The lowest BCUT2D eigenvalue weighted by Crippen LogP contribution is -2.03. The van der Waals surface area contributed by atoms with Crippen LogP contribution in [-0.2, 0) is 0 Å². The van der Waals surface area contributed by atoms with Gasteiger partial charge >= 0.3 is 0 Å². The van der Waals surface area contributed by atoms with E-state index in [9.17, 15) is 0 Å². The Morgan fingerprint density at radius 2 is 2.25 bits per heavy atom. The number of rotatable bonds is 3. The third-order valence-electron chi connectivity index (χ3n) is 1.55. The van der Waals surface area contributed by atoms with Crippen molar-refractivity contribution in [3.8, 4) is 0 Å². The van der Waals surface area contributed by atoms with Crippen molar-refractivity contribution in [2.24, 2.45) is 0 Å². The summed E-state index contributed by atoms with van der Waals surface area (Å²) in [5.41, 5.74) is 0. The van der Waals surface area contributed by atoms with E-state index in [1.54, 1.807) is 6.20 Å². The third kappa shape index (κ3) is 2.19. The van der Waals surface area contributed by atoms with E-state index >= 15 is 0 Å². The molecule has 1 N–H and O–H groups in total. The Kier molecular flexibility index (Phi) is 3.02. The van der Waals surface area contributed by atoms with Crippen molar-refractivity contribution in [2.75, 3.05) is 11.9 Å². The first-order chi connectivity index (χ1) is 5.74. The van der Waals surface area contributed by atoms with E-state index < -0.39 is 0 Å². The molecule has 0 bridgehead atoms. The number of nitrogens with zero attached hydrogens (tertiary/aromatic N) is 2. The van der Waals surface area contributed by atoms with E-state index in [0.717, 1.165) is 18.2 Å². The van der Waals surface area contributed by atoms with Gasteiger partial charge in [-0.3, -0.25) is 0 Å². The van der Waals surface area contributed by atoms with Gasteiger partial charge in [-0.05, 0) is 13.0 Å². The third-order valence-corrected chi connectivity index (χ3v) is 1.55. The van der Waals surface area contributed by atoms with Crippen molar-refractivity contribution >= 4 is 5.82 Å². The highest BCUT2D eigenvalue weighted by Gasteiger charge is 2.01. The van der Waals surface area contributed by atoms with E-state index in [1.807, 2.05) is 6.07 Å². The van der Waals surface area contributed by atoms with Crippen molar-refractivity contribution in [1.29, 1.82) is 0 Å². The zero-order valence-corrected chi connectivity index (χ0v) is 7.83. The minimum Gasteiger partial charge on any atom is -0.370 e. The van der Waals surface area contributed by atoms with Crippen LogP contribution in [0.1, 0.15) is 32.5 Å². The largest absolute Gasteiger partial charge is 0.370 e. The van der Waals surface area contributed by atoms with Crippen molar-refractivity contribution in [1.82, 2.24) is 9.97 Å². The summed E-state index contributed by atoms with van der Waals surface area (Å²) in [6.45, 7) is 7.13. The molecule has 0 saturated heterocycles. The molecule has 66 valence electrons. The molecule has 1 rings (SSSR count). The molecule has 0 aliphatic rings. The molecule has 0 amide bonds. The molecular formula is C9H15N3. The highest BCUT2D eigenvalue weighted by atomic mass is 15.0. The van der Waals surface area contributed by atoms with Crippen LogP contribution in [0.25, 0.3) is 0 Å². The lowest BCUT2D eigenvalue weighted by Gasteiger charge is -2.05. The van der Waals surface area contributed by atoms with Gasteiger partial charge in [0.1, 0.15) is 11.6 Å². The Labute approximate surface area is 73.2 Å². The van der Waals surface area contributed by atoms with Crippen LogP contribution in [-0.4, -0.2) is 16.5 Å². The van der Waals surface area contributed by atoms with E-state index in [0.29, 0.717) is 5.92 Å². The fourth-order valence-electron chi connectivity index (χ4n) is 0.932. The fraction of sp³-hybridized carbons (Fsp3) is 0.556. The van der Waals surface area contributed by atoms with E-state index in [2.05, 4.69) is 36.1 Å². The maximum Gasteiger partial charge on any atom is 0.133 e. The first kappa shape index (κ1) is 8.97.